The number of halogens is 4. The van der Waals surface area contributed by atoms with Crippen LogP contribution in [0, 0.1) is 15.9 Å². The summed E-state index contributed by atoms with van der Waals surface area (Å²) in [6.45, 7) is -0.375. The molecular weight excluding hydrogens is 372 g/mol. The van der Waals surface area contributed by atoms with Gasteiger partial charge in [0, 0.05) is 17.7 Å². The van der Waals surface area contributed by atoms with E-state index in [0.29, 0.717) is 11.6 Å². The number of nitro groups is 1. The number of ether oxygens (including phenoxy) is 1. The zero-order valence-electron chi connectivity index (χ0n) is 13.4. The van der Waals surface area contributed by atoms with E-state index in [2.05, 4.69) is 4.98 Å². The fourth-order valence-corrected chi connectivity index (χ4v) is 2.26. The maximum atomic E-state index is 13.2. The van der Waals surface area contributed by atoms with Crippen molar-refractivity contribution in [3.05, 3.63) is 75.9 Å². The Morgan fingerprint density at radius 1 is 1.19 bits per heavy atom. The molecule has 0 saturated carbocycles. The van der Waals surface area contributed by atoms with Crippen LogP contribution in [0.4, 0.5) is 23.2 Å². The lowest BCUT2D eigenvalue weighted by atomic mass is 10.1. The quantitative estimate of drug-likeness (QED) is 0.353. The first-order valence-electron chi connectivity index (χ1n) is 7.43. The molecule has 0 fully saturated rings. The van der Waals surface area contributed by atoms with Crippen LogP contribution in [0.2, 0.25) is 0 Å². The Morgan fingerprint density at radius 3 is 2.63 bits per heavy atom. The van der Waals surface area contributed by atoms with E-state index >= 15 is 0 Å². The van der Waals surface area contributed by atoms with E-state index in [1.54, 1.807) is 6.07 Å². The molecule has 0 aliphatic rings. The summed E-state index contributed by atoms with van der Waals surface area (Å²) in [4.78, 5) is 13.8. The van der Waals surface area contributed by atoms with E-state index < -0.39 is 33.9 Å². The molecule has 0 unspecified atom stereocenters. The van der Waals surface area contributed by atoms with Gasteiger partial charge in [-0.05, 0) is 24.3 Å². The molecule has 10 heteroatoms. The molecule has 0 saturated heterocycles. The van der Waals surface area contributed by atoms with Crippen molar-refractivity contribution in [3.8, 4) is 17.2 Å². The normalized spacial score (nSPS) is 11.4. The van der Waals surface area contributed by atoms with Gasteiger partial charge in [-0.2, -0.15) is 13.2 Å². The molecule has 3 aromatic rings. The predicted molar refractivity (Wildman–Crippen MR) is 84.3 cm³/mol. The molecule has 0 N–H and O–H groups in total. The second-order valence-corrected chi connectivity index (χ2v) is 5.38. The van der Waals surface area contributed by atoms with Gasteiger partial charge in [0.1, 0.15) is 35.7 Å². The van der Waals surface area contributed by atoms with E-state index in [9.17, 15) is 27.7 Å². The highest BCUT2D eigenvalue weighted by Crippen LogP contribution is 2.38. The third-order valence-electron chi connectivity index (χ3n) is 3.48. The monoisotopic (exact) mass is 382 g/mol. The van der Waals surface area contributed by atoms with Gasteiger partial charge in [-0.25, -0.2) is 9.37 Å². The second-order valence-electron chi connectivity index (χ2n) is 5.38. The molecule has 0 spiro atoms. The van der Waals surface area contributed by atoms with E-state index in [-0.39, 0.29) is 18.2 Å². The zero-order valence-corrected chi connectivity index (χ0v) is 13.4. The summed E-state index contributed by atoms with van der Waals surface area (Å²) in [5.41, 5.74) is -1.46. The first kappa shape index (κ1) is 18.4. The standard InChI is InChI=1S/C17H10F4N2O4/c18-11-3-1-2-10(6-11)16-22-12(9-27-16)8-26-15-5-4-13(23(24)25)7-14(15)17(19,20)21/h1-7,9H,8H2. The molecule has 3 rings (SSSR count). The summed E-state index contributed by atoms with van der Waals surface area (Å²) < 4.78 is 62.8. The van der Waals surface area contributed by atoms with Crippen LogP contribution in [0.5, 0.6) is 5.75 Å². The Bertz CT molecular complexity index is 985. The number of aromatic nitrogens is 1. The molecule has 1 aromatic heterocycles. The molecule has 0 amide bonds. The van der Waals surface area contributed by atoms with Crippen LogP contribution < -0.4 is 4.74 Å². The van der Waals surface area contributed by atoms with Gasteiger partial charge >= 0.3 is 6.18 Å². The van der Waals surface area contributed by atoms with Crippen molar-refractivity contribution in [3.63, 3.8) is 0 Å². The summed E-state index contributed by atoms with van der Waals surface area (Å²) in [6, 6.07) is 7.61. The summed E-state index contributed by atoms with van der Waals surface area (Å²) in [5, 5.41) is 10.7. The van der Waals surface area contributed by atoms with Crippen LogP contribution >= 0.6 is 0 Å². The van der Waals surface area contributed by atoms with Crippen molar-refractivity contribution < 1.29 is 31.6 Å². The topological polar surface area (TPSA) is 78.4 Å². The smallest absolute Gasteiger partial charge is 0.420 e. The largest absolute Gasteiger partial charge is 0.487 e. The van der Waals surface area contributed by atoms with Crippen LogP contribution in [0.1, 0.15) is 11.3 Å². The van der Waals surface area contributed by atoms with Gasteiger partial charge in [0.05, 0.1) is 4.92 Å². The van der Waals surface area contributed by atoms with Crippen LogP contribution in [0.25, 0.3) is 11.5 Å². The molecule has 6 nitrogen and oxygen atoms in total. The number of oxazole rings is 1. The number of rotatable bonds is 5. The minimum Gasteiger partial charge on any atom is -0.487 e. The number of non-ortho nitro benzene ring substituents is 1. The maximum absolute atomic E-state index is 13.2. The number of hydrogen-bond donors (Lipinski definition) is 0. The third-order valence-corrected chi connectivity index (χ3v) is 3.48. The highest BCUT2D eigenvalue weighted by Gasteiger charge is 2.36. The lowest BCUT2D eigenvalue weighted by Gasteiger charge is -2.12. The number of benzene rings is 2. The van der Waals surface area contributed by atoms with Gasteiger partial charge in [0.25, 0.3) is 5.69 Å². The Balaban J connectivity index is 1.80. The van der Waals surface area contributed by atoms with E-state index in [1.807, 2.05) is 0 Å². The summed E-state index contributed by atoms with van der Waals surface area (Å²) in [7, 11) is 0. The predicted octanol–water partition coefficient (Wildman–Crippen LogP) is 4.99. The van der Waals surface area contributed by atoms with Crippen molar-refractivity contribution in [2.75, 3.05) is 0 Å². The minimum absolute atomic E-state index is 0.0767. The summed E-state index contributed by atoms with van der Waals surface area (Å²) >= 11 is 0. The minimum atomic E-state index is -4.84. The first-order chi connectivity index (χ1) is 12.7. The van der Waals surface area contributed by atoms with Crippen LogP contribution in [-0.4, -0.2) is 9.91 Å². The van der Waals surface area contributed by atoms with Gasteiger partial charge in [0.15, 0.2) is 0 Å². The molecule has 0 radical (unpaired) electrons. The molecule has 0 aliphatic carbocycles. The number of alkyl halides is 3. The Labute approximate surface area is 149 Å². The third kappa shape index (κ3) is 4.22. The van der Waals surface area contributed by atoms with Crippen LogP contribution in [0.3, 0.4) is 0 Å². The van der Waals surface area contributed by atoms with Gasteiger partial charge in [-0.15, -0.1) is 0 Å². The maximum Gasteiger partial charge on any atom is 0.420 e. The molecule has 140 valence electrons. The van der Waals surface area contributed by atoms with Crippen molar-refractivity contribution in [1.82, 2.24) is 4.98 Å². The number of hydrogen-bond acceptors (Lipinski definition) is 5. The molecule has 2 aromatic carbocycles. The Hall–Kier alpha value is -3.43. The van der Waals surface area contributed by atoms with E-state index in [0.717, 1.165) is 12.1 Å². The Kier molecular flexibility index (Phi) is 4.80. The molecule has 27 heavy (non-hydrogen) atoms. The van der Waals surface area contributed by atoms with Crippen molar-refractivity contribution >= 4 is 5.69 Å². The average molecular weight is 382 g/mol. The lowest BCUT2D eigenvalue weighted by molar-refractivity contribution is -0.385. The molecule has 1 heterocycles. The first-order valence-corrected chi connectivity index (χ1v) is 7.43. The van der Waals surface area contributed by atoms with Gasteiger partial charge in [-0.3, -0.25) is 10.1 Å². The van der Waals surface area contributed by atoms with Crippen LogP contribution in [0.15, 0.2) is 53.1 Å². The van der Waals surface area contributed by atoms with Gasteiger partial charge in [-0.1, -0.05) is 6.07 Å². The second kappa shape index (κ2) is 7.06. The van der Waals surface area contributed by atoms with E-state index in [1.165, 1.54) is 24.5 Å². The molecule has 0 aliphatic heterocycles. The van der Waals surface area contributed by atoms with E-state index in [4.69, 9.17) is 9.15 Å². The number of nitro benzene ring substituents is 1. The van der Waals surface area contributed by atoms with Crippen molar-refractivity contribution in [2.45, 2.75) is 12.8 Å². The van der Waals surface area contributed by atoms with Crippen molar-refractivity contribution in [1.29, 1.82) is 0 Å². The Morgan fingerprint density at radius 2 is 1.96 bits per heavy atom. The van der Waals surface area contributed by atoms with Gasteiger partial charge in [0.2, 0.25) is 5.89 Å². The highest BCUT2D eigenvalue weighted by atomic mass is 19.4. The molecular formula is C17H10F4N2O4. The molecule has 0 atom stereocenters. The van der Waals surface area contributed by atoms with Gasteiger partial charge < -0.3 is 9.15 Å². The number of nitrogens with zero attached hydrogens (tertiary/aromatic N) is 2. The zero-order chi connectivity index (χ0) is 19.6. The average Bonchev–Trinajstić information content (AvgIpc) is 3.08. The summed E-state index contributed by atoms with van der Waals surface area (Å²) in [6.07, 6.45) is -3.67. The van der Waals surface area contributed by atoms with Crippen molar-refractivity contribution in [2.24, 2.45) is 0 Å². The summed E-state index contributed by atoms with van der Waals surface area (Å²) in [5.74, 6) is -1.000. The lowest BCUT2D eigenvalue weighted by Crippen LogP contribution is -2.09. The fraction of sp³-hybridized carbons (Fsp3) is 0.118. The SMILES string of the molecule is O=[N+]([O-])c1ccc(OCc2coc(-c3cccc(F)c3)n2)c(C(F)(F)F)c1. The van der Waals surface area contributed by atoms with Crippen LogP contribution in [-0.2, 0) is 12.8 Å². The molecule has 0 bridgehead atoms. The highest BCUT2D eigenvalue weighted by molar-refractivity contribution is 5.53. The fourth-order valence-electron chi connectivity index (χ4n) is 2.26.